The van der Waals surface area contributed by atoms with Crippen LogP contribution in [0.3, 0.4) is 0 Å². The molecule has 0 amide bonds. The van der Waals surface area contributed by atoms with Crippen molar-refractivity contribution in [2.45, 2.75) is 0 Å². The Kier molecular flexibility index (Phi) is 4.10. The van der Waals surface area contributed by atoms with Crippen molar-refractivity contribution in [3.63, 3.8) is 0 Å². The molecule has 2 aromatic carbocycles. The van der Waals surface area contributed by atoms with Gasteiger partial charge < -0.3 is 0 Å². The number of nitrogens with two attached hydrogens (primary N) is 1. The molecule has 0 fully saturated rings. The summed E-state index contributed by atoms with van der Waals surface area (Å²) in [6, 6.07) is 20.6. The largest absolute Gasteiger partial charge is 0.290 e. The average molecular weight is 242 g/mol. The number of quaternary nitrogens is 1. The molecule has 0 aliphatic heterocycles. The van der Waals surface area contributed by atoms with Crippen molar-refractivity contribution in [1.82, 2.24) is 0 Å². The summed E-state index contributed by atoms with van der Waals surface area (Å²) < 4.78 is 0. The quantitative estimate of drug-likeness (QED) is 0.614. The molecule has 2 N–H and O–H groups in total. The number of hydrogen-bond donors (Lipinski definition) is 1. The van der Waals surface area contributed by atoms with E-state index in [4.69, 9.17) is 11.6 Å². The lowest BCUT2D eigenvalue weighted by Gasteiger charge is -2.03. The summed E-state index contributed by atoms with van der Waals surface area (Å²) in [5, 5.41) is 2.59. The molecule has 17 heavy (non-hydrogen) atoms. The topological polar surface area (TPSA) is 16.6 Å². The van der Waals surface area contributed by atoms with Gasteiger partial charge in [-0.2, -0.15) is 12.1 Å². The van der Waals surface area contributed by atoms with Crippen LogP contribution < -0.4 is 5.32 Å². The molecular weight excluding hydrogens is 230 g/mol. The SMILES string of the molecule is Clc1ccc([CH-][NH2+]C#Cc2ccccc2)cc1. The third-order valence-corrected chi connectivity index (χ3v) is 2.47. The van der Waals surface area contributed by atoms with Crippen LogP contribution in [0.1, 0.15) is 11.1 Å². The molecule has 0 aliphatic rings. The first-order valence-electron chi connectivity index (χ1n) is 5.33. The van der Waals surface area contributed by atoms with E-state index in [9.17, 15) is 0 Å². The van der Waals surface area contributed by atoms with Crippen molar-refractivity contribution in [1.29, 1.82) is 0 Å². The molecule has 0 bridgehead atoms. The minimum atomic E-state index is 0.748. The smallest absolute Gasteiger partial charge is 0.133 e. The van der Waals surface area contributed by atoms with E-state index in [1.165, 1.54) is 0 Å². The Labute approximate surface area is 106 Å². The molecule has 2 aromatic rings. The molecule has 0 aliphatic carbocycles. The monoisotopic (exact) mass is 241 g/mol. The van der Waals surface area contributed by atoms with E-state index < -0.39 is 0 Å². The van der Waals surface area contributed by atoms with Gasteiger partial charge in [0.15, 0.2) is 0 Å². The third-order valence-electron chi connectivity index (χ3n) is 2.22. The van der Waals surface area contributed by atoms with Gasteiger partial charge in [-0.25, -0.2) is 0 Å². The zero-order valence-electron chi connectivity index (χ0n) is 9.23. The minimum Gasteiger partial charge on any atom is -0.290 e. The van der Waals surface area contributed by atoms with Gasteiger partial charge in [0.2, 0.25) is 0 Å². The lowest BCUT2D eigenvalue weighted by Crippen LogP contribution is -2.75. The van der Waals surface area contributed by atoms with Gasteiger partial charge in [-0.3, -0.25) is 5.32 Å². The Hall–Kier alpha value is -1.88. The van der Waals surface area contributed by atoms with Crippen molar-refractivity contribution in [2.24, 2.45) is 0 Å². The highest BCUT2D eigenvalue weighted by Crippen LogP contribution is 2.08. The van der Waals surface area contributed by atoms with Crippen molar-refractivity contribution in [2.75, 3.05) is 0 Å². The van der Waals surface area contributed by atoms with Crippen LogP contribution in [0.15, 0.2) is 54.6 Å². The highest BCUT2D eigenvalue weighted by atomic mass is 35.5. The fourth-order valence-electron chi connectivity index (χ4n) is 1.36. The molecule has 0 aromatic heterocycles. The van der Waals surface area contributed by atoms with Crippen molar-refractivity contribution in [3.8, 4) is 12.0 Å². The highest BCUT2D eigenvalue weighted by Gasteiger charge is 1.86. The van der Waals surface area contributed by atoms with Gasteiger partial charge in [0.05, 0.1) is 0 Å². The number of halogens is 1. The Bertz CT molecular complexity index is 520. The van der Waals surface area contributed by atoms with Crippen LogP contribution in [0.25, 0.3) is 0 Å². The highest BCUT2D eigenvalue weighted by molar-refractivity contribution is 6.30. The second-order valence-electron chi connectivity index (χ2n) is 3.52. The lowest BCUT2D eigenvalue weighted by molar-refractivity contribution is -0.518. The fourth-order valence-corrected chi connectivity index (χ4v) is 1.48. The maximum absolute atomic E-state index is 5.80. The summed E-state index contributed by atoms with van der Waals surface area (Å²) in [6.45, 7) is 1.96. The van der Waals surface area contributed by atoms with Gasteiger partial charge in [0, 0.05) is 17.1 Å². The van der Waals surface area contributed by atoms with E-state index in [0.717, 1.165) is 16.1 Å². The summed E-state index contributed by atoms with van der Waals surface area (Å²) in [5.74, 6) is 3.06. The fraction of sp³-hybridized carbons (Fsp3) is 0. The lowest BCUT2D eigenvalue weighted by atomic mass is 10.2. The Morgan fingerprint density at radius 2 is 1.65 bits per heavy atom. The average Bonchev–Trinajstić information content (AvgIpc) is 2.38. The first-order valence-corrected chi connectivity index (χ1v) is 5.71. The molecule has 0 saturated carbocycles. The number of rotatable bonds is 2. The zero-order chi connectivity index (χ0) is 11.9. The molecule has 2 rings (SSSR count). The standard InChI is InChI=1S/C15H12ClN/c16-15-8-6-14(7-9-15)12-17-11-10-13-4-2-1-3-5-13/h1-9,12H,17H2. The predicted octanol–water partition coefficient (Wildman–Crippen LogP) is 2.42. The predicted molar refractivity (Wildman–Crippen MR) is 70.1 cm³/mol. The van der Waals surface area contributed by atoms with Crippen LogP contribution >= 0.6 is 11.6 Å². The molecule has 2 heteroatoms. The second kappa shape index (κ2) is 6.00. The maximum atomic E-state index is 5.80. The van der Waals surface area contributed by atoms with E-state index in [0.29, 0.717) is 0 Å². The molecule has 0 spiro atoms. The van der Waals surface area contributed by atoms with Crippen LogP contribution in [0.4, 0.5) is 0 Å². The molecule has 0 heterocycles. The van der Waals surface area contributed by atoms with Crippen LogP contribution in [-0.2, 0) is 0 Å². The first kappa shape index (κ1) is 11.6. The number of benzene rings is 2. The summed E-state index contributed by atoms with van der Waals surface area (Å²) >= 11 is 5.80. The van der Waals surface area contributed by atoms with E-state index >= 15 is 0 Å². The van der Waals surface area contributed by atoms with E-state index in [1.54, 1.807) is 0 Å². The van der Waals surface area contributed by atoms with E-state index in [-0.39, 0.29) is 0 Å². The Morgan fingerprint density at radius 1 is 0.941 bits per heavy atom. The van der Waals surface area contributed by atoms with E-state index in [1.807, 2.05) is 66.5 Å². The van der Waals surface area contributed by atoms with E-state index in [2.05, 4.69) is 12.0 Å². The molecule has 0 saturated heterocycles. The summed E-state index contributed by atoms with van der Waals surface area (Å²) in [6.07, 6.45) is 0. The molecular formula is C15H12ClN. The molecule has 1 nitrogen and oxygen atoms in total. The summed E-state index contributed by atoms with van der Waals surface area (Å²) in [5.41, 5.74) is 2.12. The molecule has 0 atom stereocenters. The first-order chi connectivity index (χ1) is 8.34. The maximum Gasteiger partial charge on any atom is 0.133 e. The van der Waals surface area contributed by atoms with Crippen LogP contribution in [0, 0.1) is 18.5 Å². The third kappa shape index (κ3) is 3.88. The Balaban J connectivity index is 1.88. The van der Waals surface area contributed by atoms with Gasteiger partial charge in [0.25, 0.3) is 0 Å². The minimum absolute atomic E-state index is 0.748. The van der Waals surface area contributed by atoms with Gasteiger partial charge in [0.1, 0.15) is 6.04 Å². The number of hydrogen-bond acceptors (Lipinski definition) is 0. The van der Waals surface area contributed by atoms with Crippen molar-refractivity contribution in [3.05, 3.63) is 77.3 Å². The normalized spacial score (nSPS) is 9.24. The van der Waals surface area contributed by atoms with Gasteiger partial charge in [-0.05, 0) is 18.1 Å². The van der Waals surface area contributed by atoms with Crippen LogP contribution in [0.5, 0.6) is 0 Å². The molecule has 0 radical (unpaired) electrons. The molecule has 0 unspecified atom stereocenters. The van der Waals surface area contributed by atoms with Crippen molar-refractivity contribution < 1.29 is 5.32 Å². The van der Waals surface area contributed by atoms with Crippen molar-refractivity contribution >= 4 is 11.6 Å². The Morgan fingerprint density at radius 3 is 2.35 bits per heavy atom. The zero-order valence-corrected chi connectivity index (χ0v) is 9.98. The van der Waals surface area contributed by atoms with Crippen LogP contribution in [-0.4, -0.2) is 0 Å². The van der Waals surface area contributed by atoms with Gasteiger partial charge in [-0.15, -0.1) is 5.56 Å². The second-order valence-corrected chi connectivity index (χ2v) is 3.96. The molecule has 84 valence electrons. The summed E-state index contributed by atoms with van der Waals surface area (Å²) in [4.78, 5) is 0. The van der Waals surface area contributed by atoms with Gasteiger partial charge in [-0.1, -0.05) is 41.9 Å². The summed E-state index contributed by atoms with van der Waals surface area (Å²) in [7, 11) is 0. The van der Waals surface area contributed by atoms with Gasteiger partial charge >= 0.3 is 0 Å². The van der Waals surface area contributed by atoms with Crippen LogP contribution in [0.2, 0.25) is 5.02 Å².